The lowest BCUT2D eigenvalue weighted by Crippen LogP contribution is -2.37. The smallest absolute Gasteiger partial charge is 0.243 e. The molecule has 5 heteroatoms. The molecule has 1 aliphatic rings. The summed E-state index contributed by atoms with van der Waals surface area (Å²) in [5.41, 5.74) is 1.11. The number of anilines is 1. The van der Waals surface area contributed by atoms with Gasteiger partial charge in [0, 0.05) is 17.2 Å². The molecule has 0 heterocycles. The molecule has 0 unspecified atom stereocenters. The molecule has 0 aliphatic heterocycles. The Morgan fingerprint density at radius 1 is 1.14 bits per heavy atom. The van der Waals surface area contributed by atoms with Crippen molar-refractivity contribution in [1.29, 1.82) is 0 Å². The van der Waals surface area contributed by atoms with Crippen LogP contribution in [0.5, 0.6) is 0 Å². The molecule has 0 saturated heterocycles. The fourth-order valence-electron chi connectivity index (χ4n) is 2.70. The van der Waals surface area contributed by atoms with Crippen LogP contribution in [-0.4, -0.2) is 24.1 Å². The van der Waals surface area contributed by atoms with Gasteiger partial charge in [0.1, 0.15) is 0 Å². The Bertz CT molecular complexity index is 563. The van der Waals surface area contributed by atoms with E-state index >= 15 is 0 Å². The van der Waals surface area contributed by atoms with E-state index in [9.17, 15) is 14.4 Å². The summed E-state index contributed by atoms with van der Waals surface area (Å²) in [6.07, 6.45) is 5.18. The fourth-order valence-corrected chi connectivity index (χ4v) is 2.70. The van der Waals surface area contributed by atoms with Gasteiger partial charge in [-0.3, -0.25) is 14.4 Å². The van der Waals surface area contributed by atoms with E-state index in [1.165, 1.54) is 13.3 Å². The van der Waals surface area contributed by atoms with Gasteiger partial charge in [0.15, 0.2) is 5.78 Å². The molecule has 0 radical (unpaired) electrons. The maximum atomic E-state index is 12.0. The molecular formula is C17H22N2O3. The minimum Gasteiger partial charge on any atom is -0.347 e. The normalized spacial score (nSPS) is 15.1. The number of hydrogen-bond donors (Lipinski definition) is 2. The highest BCUT2D eigenvalue weighted by Crippen LogP contribution is 2.23. The summed E-state index contributed by atoms with van der Waals surface area (Å²) < 4.78 is 0. The second-order valence-electron chi connectivity index (χ2n) is 5.74. The van der Waals surface area contributed by atoms with Gasteiger partial charge in [0.25, 0.3) is 0 Å². The second kappa shape index (κ2) is 7.73. The molecule has 0 atom stereocenters. The monoisotopic (exact) mass is 302 g/mol. The number of carbonyl (C=O) groups excluding carboxylic acids is 3. The molecule has 22 heavy (non-hydrogen) atoms. The maximum Gasteiger partial charge on any atom is 0.243 e. The van der Waals surface area contributed by atoms with E-state index in [-0.39, 0.29) is 30.1 Å². The summed E-state index contributed by atoms with van der Waals surface area (Å²) in [7, 11) is 0. The Balaban J connectivity index is 1.81. The summed E-state index contributed by atoms with van der Waals surface area (Å²) in [6, 6.07) is 6.76. The molecule has 0 bridgehead atoms. The standard InChI is InChI=1S/C17H22N2O3/c1-12(20)14-8-5-9-15(10-14)19-16(21)11-18-17(22)13-6-3-2-4-7-13/h5,8-10,13H,2-4,6-7,11H2,1H3,(H,18,22)(H,19,21). The quantitative estimate of drug-likeness (QED) is 0.821. The zero-order valence-electron chi connectivity index (χ0n) is 12.9. The Labute approximate surface area is 130 Å². The number of ketones is 1. The second-order valence-corrected chi connectivity index (χ2v) is 5.74. The lowest BCUT2D eigenvalue weighted by atomic mass is 9.89. The highest BCUT2D eigenvalue weighted by Gasteiger charge is 2.21. The van der Waals surface area contributed by atoms with Gasteiger partial charge in [-0.25, -0.2) is 0 Å². The molecule has 0 spiro atoms. The van der Waals surface area contributed by atoms with Crippen molar-refractivity contribution in [3.8, 4) is 0 Å². The number of carbonyl (C=O) groups is 3. The Morgan fingerprint density at radius 3 is 2.55 bits per heavy atom. The van der Waals surface area contributed by atoms with Crippen molar-refractivity contribution in [2.24, 2.45) is 5.92 Å². The van der Waals surface area contributed by atoms with Crippen LogP contribution in [0.25, 0.3) is 0 Å². The van der Waals surface area contributed by atoms with Crippen molar-refractivity contribution < 1.29 is 14.4 Å². The molecule has 2 N–H and O–H groups in total. The van der Waals surface area contributed by atoms with Crippen LogP contribution in [0.3, 0.4) is 0 Å². The molecule has 1 fully saturated rings. The minimum absolute atomic E-state index is 0.0349. The van der Waals surface area contributed by atoms with Gasteiger partial charge < -0.3 is 10.6 Å². The highest BCUT2D eigenvalue weighted by molar-refractivity contribution is 5.98. The predicted molar refractivity (Wildman–Crippen MR) is 84.7 cm³/mol. The Hall–Kier alpha value is -2.17. The van der Waals surface area contributed by atoms with E-state index in [2.05, 4.69) is 10.6 Å². The van der Waals surface area contributed by atoms with Crippen LogP contribution < -0.4 is 10.6 Å². The van der Waals surface area contributed by atoms with Gasteiger partial charge in [-0.1, -0.05) is 31.4 Å². The van der Waals surface area contributed by atoms with E-state index < -0.39 is 0 Å². The lowest BCUT2D eigenvalue weighted by molar-refractivity contribution is -0.128. The minimum atomic E-state index is -0.287. The van der Waals surface area contributed by atoms with E-state index in [1.807, 2.05) is 0 Å². The molecule has 0 aromatic heterocycles. The molecule has 5 nitrogen and oxygen atoms in total. The van der Waals surface area contributed by atoms with Crippen LogP contribution in [0, 0.1) is 5.92 Å². The van der Waals surface area contributed by atoms with E-state index in [0.29, 0.717) is 11.3 Å². The first-order chi connectivity index (χ1) is 10.6. The van der Waals surface area contributed by atoms with Crippen LogP contribution >= 0.6 is 0 Å². The van der Waals surface area contributed by atoms with Crippen LogP contribution in [0.4, 0.5) is 5.69 Å². The number of rotatable bonds is 5. The molecule has 118 valence electrons. The first kappa shape index (κ1) is 16.2. The van der Waals surface area contributed by atoms with Gasteiger partial charge in [-0.2, -0.15) is 0 Å². The van der Waals surface area contributed by atoms with Crippen molar-refractivity contribution >= 4 is 23.3 Å². The molecule has 1 aliphatic carbocycles. The van der Waals surface area contributed by atoms with Crippen molar-refractivity contribution in [3.05, 3.63) is 29.8 Å². The third kappa shape index (κ3) is 4.69. The molecule has 2 rings (SSSR count). The average molecular weight is 302 g/mol. The van der Waals surface area contributed by atoms with Crippen molar-refractivity contribution in [2.75, 3.05) is 11.9 Å². The Morgan fingerprint density at radius 2 is 1.86 bits per heavy atom. The summed E-state index contributed by atoms with van der Waals surface area (Å²) in [4.78, 5) is 35.1. The predicted octanol–water partition coefficient (Wildman–Crippen LogP) is 2.52. The van der Waals surface area contributed by atoms with Crippen molar-refractivity contribution in [3.63, 3.8) is 0 Å². The summed E-state index contributed by atoms with van der Waals surface area (Å²) in [6.45, 7) is 1.44. The zero-order chi connectivity index (χ0) is 15.9. The molecule has 2 amide bonds. The lowest BCUT2D eigenvalue weighted by Gasteiger charge is -2.20. The van der Waals surface area contributed by atoms with Gasteiger partial charge in [-0.05, 0) is 31.9 Å². The van der Waals surface area contributed by atoms with Crippen LogP contribution in [0.15, 0.2) is 24.3 Å². The molecule has 1 saturated carbocycles. The van der Waals surface area contributed by atoms with Crippen LogP contribution in [-0.2, 0) is 9.59 Å². The highest BCUT2D eigenvalue weighted by atomic mass is 16.2. The number of amides is 2. The summed E-state index contributed by atoms with van der Waals surface area (Å²) in [5.74, 6) is -0.332. The third-order valence-electron chi connectivity index (χ3n) is 3.95. The first-order valence-corrected chi connectivity index (χ1v) is 7.75. The van der Waals surface area contributed by atoms with Gasteiger partial charge >= 0.3 is 0 Å². The number of benzene rings is 1. The average Bonchev–Trinajstić information content (AvgIpc) is 2.53. The summed E-state index contributed by atoms with van der Waals surface area (Å²) in [5, 5.41) is 5.38. The third-order valence-corrected chi connectivity index (χ3v) is 3.95. The molecule has 1 aromatic rings. The van der Waals surface area contributed by atoms with Gasteiger partial charge in [0.2, 0.25) is 11.8 Å². The van der Waals surface area contributed by atoms with Gasteiger partial charge in [0.05, 0.1) is 6.54 Å². The summed E-state index contributed by atoms with van der Waals surface area (Å²) >= 11 is 0. The van der Waals surface area contributed by atoms with E-state index in [4.69, 9.17) is 0 Å². The van der Waals surface area contributed by atoms with Crippen LogP contribution in [0.2, 0.25) is 0 Å². The fraction of sp³-hybridized carbons (Fsp3) is 0.471. The SMILES string of the molecule is CC(=O)c1cccc(NC(=O)CNC(=O)C2CCCCC2)c1. The largest absolute Gasteiger partial charge is 0.347 e. The Kier molecular flexibility index (Phi) is 5.69. The van der Waals surface area contributed by atoms with Crippen molar-refractivity contribution in [2.45, 2.75) is 39.0 Å². The number of hydrogen-bond acceptors (Lipinski definition) is 3. The first-order valence-electron chi connectivity index (χ1n) is 7.75. The molecule has 1 aromatic carbocycles. The van der Waals surface area contributed by atoms with Crippen LogP contribution in [0.1, 0.15) is 49.4 Å². The topological polar surface area (TPSA) is 75.3 Å². The van der Waals surface area contributed by atoms with Gasteiger partial charge in [-0.15, -0.1) is 0 Å². The number of Topliss-reactive ketones (excluding diaryl/α,β-unsaturated/α-hetero) is 1. The van der Waals surface area contributed by atoms with E-state index in [1.54, 1.807) is 24.3 Å². The number of nitrogens with one attached hydrogen (secondary N) is 2. The van der Waals surface area contributed by atoms with Crippen molar-refractivity contribution in [1.82, 2.24) is 5.32 Å². The molecular weight excluding hydrogens is 280 g/mol. The maximum absolute atomic E-state index is 12.0. The zero-order valence-corrected chi connectivity index (χ0v) is 12.9. The van der Waals surface area contributed by atoms with E-state index in [0.717, 1.165) is 25.7 Å².